The molecule has 4 heterocycles. The number of fused-ring (bicyclic) bond motifs is 1. The molecule has 1 radical (unpaired) electrons. The van der Waals surface area contributed by atoms with Crippen LogP contribution in [0.25, 0.3) is 11.2 Å². The van der Waals surface area contributed by atoms with Gasteiger partial charge >= 0.3 is 30.5 Å². The summed E-state index contributed by atoms with van der Waals surface area (Å²) in [6.45, 7) is 1.60. The van der Waals surface area contributed by atoms with E-state index in [-0.39, 0.29) is 36.4 Å². The Morgan fingerprint density at radius 1 is 1.00 bits per heavy atom. The van der Waals surface area contributed by atoms with Gasteiger partial charge in [-0.1, -0.05) is 18.6 Å². The van der Waals surface area contributed by atoms with E-state index in [2.05, 4.69) is 10.2 Å². The Bertz CT molecular complexity index is 1630. The molecule has 43 heavy (non-hydrogen) atoms. The highest BCUT2D eigenvalue weighted by atomic mass is 19.4. The molecule has 1 saturated carbocycles. The van der Waals surface area contributed by atoms with Crippen LogP contribution in [0.1, 0.15) is 67.7 Å². The minimum Gasteiger partial charge on any atom is -0.296 e. The Balaban J connectivity index is 1.40. The molecule has 0 amide bonds. The fraction of sp³-hybridized carbons (Fsp3) is 0.500. The molecule has 2 aromatic heterocycles. The molecule has 3 atom stereocenters. The van der Waals surface area contributed by atoms with Gasteiger partial charge < -0.3 is 0 Å². The van der Waals surface area contributed by atoms with Crippen LogP contribution in [0.2, 0.25) is 0 Å². The van der Waals surface area contributed by atoms with Crippen LogP contribution in [0.4, 0.5) is 26.3 Å². The van der Waals surface area contributed by atoms with Gasteiger partial charge in [-0.25, -0.2) is 9.37 Å². The van der Waals surface area contributed by atoms with Gasteiger partial charge in [0.1, 0.15) is 0 Å². The summed E-state index contributed by atoms with van der Waals surface area (Å²) in [6, 6.07) is 7.37. The lowest BCUT2D eigenvalue weighted by Gasteiger charge is -2.37. The van der Waals surface area contributed by atoms with Gasteiger partial charge in [0, 0.05) is 25.0 Å². The van der Waals surface area contributed by atoms with Gasteiger partial charge in [-0.15, -0.1) is 0 Å². The maximum atomic E-state index is 14.4. The highest BCUT2D eigenvalue weighted by molar-refractivity contribution is 5.58. The van der Waals surface area contributed by atoms with E-state index in [1.807, 2.05) is 17.7 Å². The van der Waals surface area contributed by atoms with Gasteiger partial charge in [0.2, 0.25) is 0 Å². The normalized spacial score (nSPS) is 22.1. The van der Waals surface area contributed by atoms with Crippen LogP contribution in [0.15, 0.2) is 57.7 Å². The monoisotopic (exact) mass is 606 g/mol. The quantitative estimate of drug-likeness (QED) is 0.225. The van der Waals surface area contributed by atoms with Crippen LogP contribution < -0.4 is 5.69 Å². The number of halogens is 6. The molecule has 0 spiro atoms. The van der Waals surface area contributed by atoms with E-state index in [1.54, 1.807) is 36.4 Å². The number of hydrogen-bond acceptors (Lipinski definition) is 4. The minimum absolute atomic E-state index is 0.0147. The number of imidazole rings is 1. The number of nitrogens with zero attached hydrogens (tertiary/aromatic N) is 6. The van der Waals surface area contributed by atoms with Gasteiger partial charge in [0.25, 0.3) is 0 Å². The molecule has 229 valence electrons. The number of likely N-dealkylation sites (N-methyl/N-ethyl adjacent to an activating group) is 1. The summed E-state index contributed by atoms with van der Waals surface area (Å²) in [5.74, 6) is -1.30. The standard InChI is InChI=1S/C30H32F6N6O/c1-18(40-11-5-9-22(15-40)29(31,32)33)21-13-24(30(34,35)36)25-16-41(28(43)42(25)14-21)23-10-4-8-20(12-23)26(19-6-3-7-19)27-38-37-17-39(27)2/h4,8,10,12-14,16-19,22,26H,3,5-7,9,11,15H2,1-2H3/q+1/t18-,22+,26+/m0/s1. The summed E-state index contributed by atoms with van der Waals surface area (Å²) in [5, 5.41) is 8.35. The molecule has 1 saturated heterocycles. The van der Waals surface area contributed by atoms with Gasteiger partial charge in [-0.2, -0.15) is 26.3 Å². The Morgan fingerprint density at radius 2 is 1.77 bits per heavy atom. The molecule has 1 aliphatic carbocycles. The maximum Gasteiger partial charge on any atom is 0.418 e. The van der Waals surface area contributed by atoms with Crippen LogP contribution in [0.3, 0.4) is 0 Å². The van der Waals surface area contributed by atoms with Crippen molar-refractivity contribution in [2.24, 2.45) is 22.1 Å². The topological polar surface area (TPSA) is 57.4 Å². The molecule has 0 N–H and O–H groups in total. The van der Waals surface area contributed by atoms with Crippen molar-refractivity contribution in [2.45, 2.75) is 63.3 Å². The second-order valence-corrected chi connectivity index (χ2v) is 11.8. The first kappa shape index (κ1) is 29.6. The van der Waals surface area contributed by atoms with Crippen LogP contribution in [0, 0.1) is 18.0 Å². The average Bonchev–Trinajstić information content (AvgIpc) is 3.51. The number of rotatable bonds is 6. The van der Waals surface area contributed by atoms with E-state index >= 15 is 0 Å². The van der Waals surface area contributed by atoms with E-state index in [0.717, 1.165) is 41.5 Å². The van der Waals surface area contributed by atoms with Gasteiger partial charge in [0.15, 0.2) is 0 Å². The Hall–Kier alpha value is -3.48. The number of aromatic nitrogens is 2. The third kappa shape index (κ3) is 5.51. The van der Waals surface area contributed by atoms with Crippen molar-refractivity contribution in [1.82, 2.24) is 13.9 Å². The van der Waals surface area contributed by atoms with E-state index in [9.17, 15) is 31.1 Å². The zero-order valence-corrected chi connectivity index (χ0v) is 23.7. The summed E-state index contributed by atoms with van der Waals surface area (Å²) in [7, 11) is 1.86. The summed E-state index contributed by atoms with van der Waals surface area (Å²) < 4.78 is 87.4. The van der Waals surface area contributed by atoms with Gasteiger partial charge in [-0.3, -0.25) is 13.9 Å². The van der Waals surface area contributed by atoms with Crippen LogP contribution in [-0.2, 0) is 6.18 Å². The van der Waals surface area contributed by atoms with Crippen molar-refractivity contribution in [2.75, 3.05) is 20.1 Å². The number of pyridine rings is 1. The maximum absolute atomic E-state index is 14.4. The van der Waals surface area contributed by atoms with Crippen molar-refractivity contribution in [3.05, 3.63) is 76.1 Å². The van der Waals surface area contributed by atoms with Crippen molar-refractivity contribution in [1.29, 1.82) is 0 Å². The first-order valence-electron chi connectivity index (χ1n) is 14.4. The summed E-state index contributed by atoms with van der Waals surface area (Å²) in [6.07, 6.45) is -0.886. The third-order valence-electron chi connectivity index (χ3n) is 9.19. The highest BCUT2D eigenvalue weighted by Gasteiger charge is 2.44. The van der Waals surface area contributed by atoms with Crippen LogP contribution in [-0.4, -0.2) is 51.1 Å². The van der Waals surface area contributed by atoms with Gasteiger partial charge in [0.05, 0.1) is 40.8 Å². The van der Waals surface area contributed by atoms with Crippen molar-refractivity contribution < 1.29 is 30.9 Å². The molecule has 1 aromatic carbocycles. The number of likely N-dealkylation sites (tertiary alicyclic amines) is 1. The lowest BCUT2D eigenvalue weighted by Crippen LogP contribution is -2.42. The zero-order valence-electron chi connectivity index (χ0n) is 23.7. The minimum atomic E-state index is -4.79. The molecule has 0 bridgehead atoms. The molecular weight excluding hydrogens is 574 g/mol. The van der Waals surface area contributed by atoms with Crippen molar-refractivity contribution in [3.63, 3.8) is 0 Å². The number of piperidine rings is 1. The van der Waals surface area contributed by atoms with E-state index in [4.69, 9.17) is 0 Å². The van der Waals surface area contributed by atoms with Crippen molar-refractivity contribution in [3.8, 4) is 5.69 Å². The Labute approximate surface area is 244 Å². The van der Waals surface area contributed by atoms with Crippen LogP contribution in [0.5, 0.6) is 0 Å². The predicted octanol–water partition coefficient (Wildman–Crippen LogP) is 6.95. The Morgan fingerprint density at radius 3 is 2.40 bits per heavy atom. The van der Waals surface area contributed by atoms with Crippen LogP contribution >= 0.6 is 0 Å². The molecule has 7 nitrogen and oxygen atoms in total. The lowest BCUT2D eigenvalue weighted by molar-refractivity contribution is -0.480. The zero-order chi connectivity index (χ0) is 30.7. The second kappa shape index (κ2) is 10.9. The largest absolute Gasteiger partial charge is 0.418 e. The molecule has 0 unspecified atom stereocenters. The smallest absolute Gasteiger partial charge is 0.296 e. The molecular formula is C30H32F6N6O+. The fourth-order valence-electron chi connectivity index (χ4n) is 6.53. The number of benzene rings is 1. The number of azo groups is 1. The second-order valence-electron chi connectivity index (χ2n) is 11.8. The number of hydrogen-bond donors (Lipinski definition) is 0. The molecule has 2 aliphatic heterocycles. The first-order valence-corrected chi connectivity index (χ1v) is 14.4. The molecule has 3 aromatic rings. The predicted molar refractivity (Wildman–Crippen MR) is 147 cm³/mol. The number of alkyl halides is 6. The van der Waals surface area contributed by atoms with Gasteiger partial charge in [-0.05, 0) is 79.5 Å². The molecule has 2 fully saturated rings. The summed E-state index contributed by atoms with van der Waals surface area (Å²) in [4.78, 5) is 15.2. The van der Waals surface area contributed by atoms with E-state index < -0.39 is 35.6 Å². The van der Waals surface area contributed by atoms with E-state index in [0.29, 0.717) is 18.2 Å². The lowest BCUT2D eigenvalue weighted by atomic mass is 9.71. The molecule has 6 rings (SSSR count). The average molecular weight is 607 g/mol. The Kier molecular flexibility index (Phi) is 7.50. The van der Waals surface area contributed by atoms with E-state index in [1.165, 1.54) is 17.0 Å². The molecule has 13 heteroatoms. The SMILES string of the molecule is C[C@@H](c1cc(C(F)(F)F)c2cn(-c3cccc([C@H]([C]4N=NC=[N+]4C)C4CCC4)c3)c(=O)n2c1)N1CCC[C@@H](C(F)(F)F)C1. The summed E-state index contributed by atoms with van der Waals surface area (Å²) in [5.41, 5.74) is -0.616. The highest BCUT2D eigenvalue weighted by Crippen LogP contribution is 2.46. The van der Waals surface area contributed by atoms with Crippen molar-refractivity contribution >= 4 is 11.9 Å². The first-order chi connectivity index (χ1) is 20.3. The third-order valence-corrected chi connectivity index (χ3v) is 9.19. The molecule has 3 aliphatic rings. The fourth-order valence-corrected chi connectivity index (χ4v) is 6.53. The summed E-state index contributed by atoms with van der Waals surface area (Å²) >= 11 is 0.